The number of aromatic hydroxyl groups is 1. The first kappa shape index (κ1) is 18.8. The van der Waals surface area contributed by atoms with Crippen LogP contribution in [0.15, 0.2) is 54.6 Å². The summed E-state index contributed by atoms with van der Waals surface area (Å²) < 4.78 is 0. The number of hydroxylamine groups is 2. The Morgan fingerprint density at radius 1 is 1.15 bits per heavy atom. The molecule has 0 spiro atoms. The van der Waals surface area contributed by atoms with Gasteiger partial charge in [0.25, 0.3) is 5.91 Å². The molecule has 3 rings (SSSR count). The number of hydrogen-bond donors (Lipinski definition) is 3. The smallest absolute Gasteiger partial charge is 0.257 e. The fourth-order valence-electron chi connectivity index (χ4n) is 2.86. The van der Waals surface area contributed by atoms with Gasteiger partial charge < -0.3 is 10.00 Å². The number of rotatable bonds is 7. The molecule has 6 nitrogen and oxygen atoms in total. The van der Waals surface area contributed by atoms with Gasteiger partial charge in [0.05, 0.1) is 5.66 Å². The molecule has 2 unspecified atom stereocenters. The molecule has 7 heteroatoms. The minimum Gasteiger partial charge on any atom is -0.508 e. The van der Waals surface area contributed by atoms with Crippen molar-refractivity contribution in [3.05, 3.63) is 65.7 Å². The Morgan fingerprint density at radius 2 is 1.92 bits per heavy atom. The molecule has 0 radical (unpaired) electrons. The molecule has 0 saturated carbocycles. The van der Waals surface area contributed by atoms with Gasteiger partial charge in [0.15, 0.2) is 0 Å². The molecule has 1 aliphatic heterocycles. The molecule has 138 valence electrons. The van der Waals surface area contributed by atoms with E-state index < -0.39 is 14.0 Å². The third kappa shape index (κ3) is 5.02. The number of piperidine rings is 1. The van der Waals surface area contributed by atoms with Crippen molar-refractivity contribution in [1.82, 2.24) is 10.2 Å². The lowest BCUT2D eigenvalue weighted by Gasteiger charge is -2.33. The van der Waals surface area contributed by atoms with Gasteiger partial charge in [-0.2, -0.15) is 0 Å². The minimum absolute atomic E-state index is 0.177. The Hall–Kier alpha value is -1.98. The summed E-state index contributed by atoms with van der Waals surface area (Å²) in [5.74, 6) is 0.00463. The Bertz CT molecular complexity index is 728. The van der Waals surface area contributed by atoms with Gasteiger partial charge in [-0.15, -0.1) is 0 Å². The number of nitrogens with one attached hydrogen (secondary N) is 1. The van der Waals surface area contributed by atoms with Crippen LogP contribution < -0.4 is 5.09 Å². The maximum atomic E-state index is 12.6. The quantitative estimate of drug-likeness (QED) is 0.649. The predicted molar refractivity (Wildman–Crippen MR) is 100 cm³/mol. The number of benzene rings is 2. The Labute approximate surface area is 154 Å². The molecule has 1 saturated heterocycles. The Balaban J connectivity index is 1.53. The second-order valence-electron chi connectivity index (χ2n) is 6.21. The number of amides is 1. The molecule has 0 aromatic heterocycles. The summed E-state index contributed by atoms with van der Waals surface area (Å²) in [6.45, 7) is 1.27. The van der Waals surface area contributed by atoms with E-state index in [2.05, 4.69) is 5.09 Å². The van der Waals surface area contributed by atoms with E-state index in [4.69, 9.17) is 4.84 Å². The number of hydrogen-bond acceptors (Lipinski definition) is 5. The predicted octanol–water partition coefficient (Wildman–Crippen LogP) is 2.91. The van der Waals surface area contributed by atoms with E-state index in [1.165, 1.54) is 5.06 Å². The standard InChI is InChI=1S/C19H23N2O4P/c22-17-9-4-8-16(12-17)13-20-26(24)18-10-5-11-21(19(18)23)25-14-15-6-2-1-3-7-15/h1-4,6-9,12,18,20,22,24H,5,10-11,13-14H2. The second-order valence-corrected chi connectivity index (χ2v) is 7.84. The van der Waals surface area contributed by atoms with Crippen LogP contribution in [0.25, 0.3) is 0 Å². The lowest BCUT2D eigenvalue weighted by atomic mass is 10.1. The third-order valence-electron chi connectivity index (χ3n) is 4.25. The average molecular weight is 374 g/mol. The van der Waals surface area contributed by atoms with E-state index in [1.54, 1.807) is 18.2 Å². The first-order valence-electron chi connectivity index (χ1n) is 8.61. The van der Waals surface area contributed by atoms with Crippen molar-refractivity contribution in [2.45, 2.75) is 31.7 Å². The van der Waals surface area contributed by atoms with E-state index >= 15 is 0 Å². The summed E-state index contributed by atoms with van der Waals surface area (Å²) in [6, 6.07) is 16.5. The van der Waals surface area contributed by atoms with Crippen LogP contribution in [0.5, 0.6) is 5.75 Å². The van der Waals surface area contributed by atoms with E-state index in [1.807, 2.05) is 36.4 Å². The molecule has 1 aliphatic rings. The number of phenolic OH excluding ortho intramolecular Hbond substituents is 1. The molecule has 1 heterocycles. The molecule has 2 aromatic carbocycles. The van der Waals surface area contributed by atoms with Crippen LogP contribution >= 0.6 is 8.30 Å². The van der Waals surface area contributed by atoms with Gasteiger partial charge in [0, 0.05) is 13.1 Å². The van der Waals surface area contributed by atoms with Crippen molar-refractivity contribution < 1.29 is 19.6 Å². The monoisotopic (exact) mass is 374 g/mol. The van der Waals surface area contributed by atoms with E-state index in [0.717, 1.165) is 17.5 Å². The summed E-state index contributed by atoms with van der Waals surface area (Å²) in [4.78, 5) is 28.8. The molecule has 0 aliphatic carbocycles. The van der Waals surface area contributed by atoms with E-state index in [-0.39, 0.29) is 11.7 Å². The van der Waals surface area contributed by atoms with E-state index in [0.29, 0.717) is 26.1 Å². The Kier molecular flexibility index (Phi) is 6.58. The Morgan fingerprint density at radius 3 is 2.69 bits per heavy atom. The number of carbonyl (C=O) groups is 1. The van der Waals surface area contributed by atoms with Gasteiger partial charge in [0.1, 0.15) is 20.7 Å². The highest BCUT2D eigenvalue weighted by Crippen LogP contribution is 2.38. The van der Waals surface area contributed by atoms with Crippen molar-refractivity contribution in [2.24, 2.45) is 0 Å². The van der Waals surface area contributed by atoms with Crippen LogP contribution in [0, 0.1) is 0 Å². The van der Waals surface area contributed by atoms with Crippen LogP contribution in [0.4, 0.5) is 0 Å². The average Bonchev–Trinajstić information content (AvgIpc) is 2.66. The molecule has 0 bridgehead atoms. The molecular weight excluding hydrogens is 351 g/mol. The van der Waals surface area contributed by atoms with Gasteiger partial charge in [0.2, 0.25) is 0 Å². The minimum atomic E-state index is -1.67. The highest BCUT2D eigenvalue weighted by atomic mass is 31.2. The van der Waals surface area contributed by atoms with Gasteiger partial charge in [-0.1, -0.05) is 42.5 Å². The number of nitrogens with zero attached hydrogens (tertiary/aromatic N) is 1. The molecule has 2 aromatic rings. The highest BCUT2D eigenvalue weighted by molar-refractivity contribution is 7.51. The summed E-state index contributed by atoms with van der Waals surface area (Å²) >= 11 is 0. The van der Waals surface area contributed by atoms with Crippen LogP contribution in [0.2, 0.25) is 0 Å². The fraction of sp³-hybridized carbons (Fsp3) is 0.316. The van der Waals surface area contributed by atoms with Crippen molar-refractivity contribution >= 4 is 14.2 Å². The van der Waals surface area contributed by atoms with Crippen LogP contribution in [0.3, 0.4) is 0 Å². The topological polar surface area (TPSA) is 82.0 Å². The zero-order chi connectivity index (χ0) is 18.4. The summed E-state index contributed by atoms with van der Waals surface area (Å²) in [5, 5.41) is 13.9. The zero-order valence-corrected chi connectivity index (χ0v) is 15.3. The van der Waals surface area contributed by atoms with Crippen molar-refractivity contribution in [1.29, 1.82) is 0 Å². The highest BCUT2D eigenvalue weighted by Gasteiger charge is 2.35. The second kappa shape index (κ2) is 9.10. The zero-order valence-electron chi connectivity index (χ0n) is 14.4. The molecule has 26 heavy (non-hydrogen) atoms. The first-order chi connectivity index (χ1) is 12.6. The lowest BCUT2D eigenvalue weighted by molar-refractivity contribution is -0.196. The maximum absolute atomic E-state index is 12.6. The van der Waals surface area contributed by atoms with Crippen LogP contribution in [-0.4, -0.2) is 33.2 Å². The lowest BCUT2D eigenvalue weighted by Crippen LogP contribution is -2.44. The molecular formula is C19H23N2O4P. The summed E-state index contributed by atoms with van der Waals surface area (Å²) in [7, 11) is -1.67. The molecule has 1 fully saturated rings. The third-order valence-corrected chi connectivity index (χ3v) is 5.80. The van der Waals surface area contributed by atoms with E-state index in [9.17, 15) is 14.8 Å². The maximum Gasteiger partial charge on any atom is 0.257 e. The first-order valence-corrected chi connectivity index (χ1v) is 9.97. The summed E-state index contributed by atoms with van der Waals surface area (Å²) in [6.07, 6.45) is 1.43. The van der Waals surface area contributed by atoms with Crippen molar-refractivity contribution in [3.8, 4) is 5.75 Å². The van der Waals surface area contributed by atoms with Crippen LogP contribution in [-0.2, 0) is 22.8 Å². The SMILES string of the molecule is O=C1C(P(O)NCc2cccc(O)c2)CCCN1OCc1ccccc1. The van der Waals surface area contributed by atoms with Gasteiger partial charge in [-0.25, -0.2) is 5.06 Å². The molecule has 3 N–H and O–H groups in total. The van der Waals surface area contributed by atoms with Crippen LogP contribution in [0.1, 0.15) is 24.0 Å². The number of phenols is 1. The fourth-order valence-corrected chi connectivity index (χ4v) is 4.19. The largest absolute Gasteiger partial charge is 0.508 e. The van der Waals surface area contributed by atoms with Gasteiger partial charge in [-0.05, 0) is 36.1 Å². The summed E-state index contributed by atoms with van der Waals surface area (Å²) in [5.41, 5.74) is 1.37. The molecule has 2 atom stereocenters. The van der Waals surface area contributed by atoms with Gasteiger partial charge in [-0.3, -0.25) is 14.7 Å². The van der Waals surface area contributed by atoms with Gasteiger partial charge >= 0.3 is 0 Å². The molecule has 1 amide bonds. The normalized spacial score (nSPS) is 18.7. The van der Waals surface area contributed by atoms with Crippen molar-refractivity contribution in [3.63, 3.8) is 0 Å². The van der Waals surface area contributed by atoms with Crippen molar-refractivity contribution in [2.75, 3.05) is 6.54 Å². The number of carbonyl (C=O) groups excluding carboxylic acids is 1.